The zero-order chi connectivity index (χ0) is 18.5. The first kappa shape index (κ1) is 20.6. The Morgan fingerprint density at radius 2 is 2.16 bits per heavy atom. The highest BCUT2D eigenvalue weighted by Gasteiger charge is 2.10. The number of imidazole rings is 1. The molecule has 8 heteroatoms. The molecule has 0 radical (unpaired) electrons. The van der Waals surface area contributed by atoms with E-state index in [-0.39, 0.29) is 0 Å². The smallest absolute Gasteiger partial charge is 0.291 e. The molecule has 1 aromatic heterocycles. The first-order valence-electron chi connectivity index (χ1n) is 7.86. The molecule has 0 aliphatic heterocycles. The summed E-state index contributed by atoms with van der Waals surface area (Å²) in [6, 6.07) is 8.19. The Hall–Kier alpha value is -2.48. The van der Waals surface area contributed by atoms with E-state index in [0.717, 1.165) is 30.0 Å². The van der Waals surface area contributed by atoms with Crippen LogP contribution in [0.2, 0.25) is 0 Å². The molecule has 1 aromatic carbocycles. The molecule has 1 N–H and O–H groups in total. The van der Waals surface area contributed by atoms with Gasteiger partial charge in [-0.2, -0.15) is 0 Å². The molecule has 0 saturated carbocycles. The Morgan fingerprint density at radius 3 is 2.76 bits per heavy atom. The van der Waals surface area contributed by atoms with E-state index in [1.54, 1.807) is 18.0 Å². The molecule has 25 heavy (non-hydrogen) atoms. The Balaban J connectivity index is 0.000000705. The fraction of sp³-hybridized carbons (Fsp3) is 0.353. The van der Waals surface area contributed by atoms with Gasteiger partial charge >= 0.3 is 0 Å². The molecule has 0 aliphatic rings. The summed E-state index contributed by atoms with van der Waals surface area (Å²) in [7, 11) is 0. The average molecular weight is 365 g/mol. The monoisotopic (exact) mass is 365 g/mol. The molecule has 0 bridgehead atoms. The summed E-state index contributed by atoms with van der Waals surface area (Å²) in [5.41, 5.74) is 2.19. The fourth-order valence-electron chi connectivity index (χ4n) is 2.11. The van der Waals surface area contributed by atoms with Crippen molar-refractivity contribution in [3.05, 3.63) is 64.1 Å². The third-order valence-corrected chi connectivity index (χ3v) is 3.64. The van der Waals surface area contributed by atoms with Gasteiger partial charge in [0.15, 0.2) is 0 Å². The van der Waals surface area contributed by atoms with Crippen molar-refractivity contribution in [1.29, 1.82) is 0 Å². The van der Waals surface area contributed by atoms with Crippen molar-refractivity contribution >= 4 is 17.5 Å². The minimum atomic E-state index is -1.50. The molecule has 136 valence electrons. The molecule has 0 spiro atoms. The van der Waals surface area contributed by atoms with Crippen LogP contribution in [0, 0.1) is 10.1 Å². The standard InChI is InChI=1S/C17H22N2OS.HNO3/c1-3-4-7-12-20-17-9-6-5-8-15(17)16(13-21-2)19-11-10-18-14-19;2-1(3)4/h5-6,8-11,13-14H,3-4,7,12H2,1-2H3;(H,2,3,4)/b16-13+;. The number of ether oxygens (including phenoxy) is 1. The lowest BCUT2D eigenvalue weighted by Gasteiger charge is -2.14. The molecule has 0 saturated heterocycles. The number of rotatable bonds is 8. The number of thioether (sulfide) groups is 1. The summed E-state index contributed by atoms with van der Waals surface area (Å²) in [6.07, 6.45) is 11.1. The first-order chi connectivity index (χ1) is 12.1. The Morgan fingerprint density at radius 1 is 1.44 bits per heavy atom. The first-order valence-corrected chi connectivity index (χ1v) is 9.15. The van der Waals surface area contributed by atoms with Crippen molar-refractivity contribution in [3.8, 4) is 5.75 Å². The van der Waals surface area contributed by atoms with Gasteiger partial charge in [0.05, 0.1) is 18.6 Å². The van der Waals surface area contributed by atoms with Crippen molar-refractivity contribution < 1.29 is 15.0 Å². The van der Waals surface area contributed by atoms with E-state index in [1.807, 2.05) is 35.3 Å². The predicted octanol–water partition coefficient (Wildman–Crippen LogP) is 4.31. The van der Waals surface area contributed by atoms with Crippen LogP contribution in [-0.2, 0) is 0 Å². The predicted molar refractivity (Wildman–Crippen MR) is 99.4 cm³/mol. The van der Waals surface area contributed by atoms with Crippen molar-refractivity contribution in [2.45, 2.75) is 26.2 Å². The van der Waals surface area contributed by atoms with Gasteiger partial charge in [-0.1, -0.05) is 31.9 Å². The van der Waals surface area contributed by atoms with Gasteiger partial charge in [0.2, 0.25) is 0 Å². The SMILES string of the molecule is CCCCCOc1ccccc1/C(=C\SC)n1ccnc1.O=[N+]([O-])O. The van der Waals surface area contributed by atoms with E-state index in [1.165, 1.54) is 12.8 Å². The van der Waals surface area contributed by atoms with E-state index in [2.05, 4.69) is 29.6 Å². The zero-order valence-electron chi connectivity index (χ0n) is 14.4. The van der Waals surface area contributed by atoms with E-state index in [4.69, 9.17) is 20.1 Å². The highest BCUT2D eigenvalue weighted by Crippen LogP contribution is 2.28. The summed E-state index contributed by atoms with van der Waals surface area (Å²) >= 11 is 1.68. The Bertz CT molecular complexity index is 656. The van der Waals surface area contributed by atoms with Crippen LogP contribution < -0.4 is 4.74 Å². The molecule has 1 heterocycles. The van der Waals surface area contributed by atoms with Crippen molar-refractivity contribution in [1.82, 2.24) is 9.55 Å². The summed E-state index contributed by atoms with van der Waals surface area (Å²) in [5, 5.41) is 15.8. The lowest BCUT2D eigenvalue weighted by atomic mass is 10.1. The maximum Gasteiger partial charge on any atom is 0.291 e. The van der Waals surface area contributed by atoms with Crippen LogP contribution in [0.15, 0.2) is 48.4 Å². The molecular weight excluding hydrogens is 342 g/mol. The minimum absolute atomic E-state index is 0.765. The highest BCUT2D eigenvalue weighted by molar-refractivity contribution is 8.01. The van der Waals surface area contributed by atoms with E-state index >= 15 is 0 Å². The summed E-state index contributed by atoms with van der Waals surface area (Å²) in [5.74, 6) is 0.933. The molecule has 0 aliphatic carbocycles. The second-order valence-corrected chi connectivity index (χ2v) is 5.71. The molecule has 7 nitrogen and oxygen atoms in total. The van der Waals surface area contributed by atoms with Crippen LogP contribution in [-0.4, -0.2) is 32.7 Å². The van der Waals surface area contributed by atoms with Gasteiger partial charge in [-0.3, -0.25) is 0 Å². The van der Waals surface area contributed by atoms with Gasteiger partial charge in [0.1, 0.15) is 5.75 Å². The van der Waals surface area contributed by atoms with Gasteiger partial charge in [-0.05, 0) is 30.2 Å². The van der Waals surface area contributed by atoms with E-state index < -0.39 is 5.09 Å². The minimum Gasteiger partial charge on any atom is -0.493 e. The fourth-order valence-corrected chi connectivity index (χ4v) is 2.59. The summed E-state index contributed by atoms with van der Waals surface area (Å²) in [4.78, 5) is 12.5. The number of unbranched alkanes of at least 4 members (excludes halogenated alkanes) is 2. The van der Waals surface area contributed by atoms with Crippen LogP contribution in [0.25, 0.3) is 5.70 Å². The van der Waals surface area contributed by atoms with Crippen LogP contribution in [0.4, 0.5) is 0 Å². The Labute approximate surface area is 151 Å². The topological polar surface area (TPSA) is 90.4 Å². The second kappa shape index (κ2) is 12.0. The normalized spacial score (nSPS) is 10.7. The molecule has 2 rings (SSSR count). The van der Waals surface area contributed by atoms with Gasteiger partial charge < -0.3 is 14.5 Å². The molecule has 2 aromatic rings. The third-order valence-electron chi connectivity index (χ3n) is 3.18. The number of aromatic nitrogens is 2. The zero-order valence-corrected chi connectivity index (χ0v) is 15.2. The maximum atomic E-state index is 8.36. The van der Waals surface area contributed by atoms with Crippen molar-refractivity contribution in [3.63, 3.8) is 0 Å². The highest BCUT2D eigenvalue weighted by atomic mass is 32.2. The maximum absolute atomic E-state index is 8.36. The van der Waals surface area contributed by atoms with Gasteiger partial charge in [-0.25, -0.2) is 4.98 Å². The third kappa shape index (κ3) is 7.75. The molecule has 0 fully saturated rings. The molecular formula is C17H23N3O4S. The van der Waals surface area contributed by atoms with Gasteiger partial charge in [0, 0.05) is 18.0 Å². The molecule has 0 unspecified atom stereocenters. The number of para-hydroxylation sites is 1. The number of hydrogen-bond donors (Lipinski definition) is 1. The summed E-state index contributed by atoms with van der Waals surface area (Å²) in [6.45, 7) is 2.97. The van der Waals surface area contributed by atoms with Crippen LogP contribution in [0.3, 0.4) is 0 Å². The molecule has 0 amide bonds. The van der Waals surface area contributed by atoms with Crippen LogP contribution >= 0.6 is 11.8 Å². The van der Waals surface area contributed by atoms with Crippen molar-refractivity contribution in [2.24, 2.45) is 0 Å². The summed E-state index contributed by atoms with van der Waals surface area (Å²) < 4.78 is 8.00. The Kier molecular flexibility index (Phi) is 9.84. The largest absolute Gasteiger partial charge is 0.493 e. The average Bonchev–Trinajstić information content (AvgIpc) is 3.11. The van der Waals surface area contributed by atoms with Gasteiger partial charge in [-0.15, -0.1) is 21.9 Å². The number of benzene rings is 1. The quantitative estimate of drug-likeness (QED) is 0.426. The van der Waals surface area contributed by atoms with Crippen molar-refractivity contribution in [2.75, 3.05) is 12.9 Å². The van der Waals surface area contributed by atoms with Crippen LogP contribution in [0.5, 0.6) is 5.75 Å². The van der Waals surface area contributed by atoms with E-state index in [0.29, 0.717) is 0 Å². The molecule has 0 atom stereocenters. The lowest BCUT2D eigenvalue weighted by Crippen LogP contribution is -2.03. The number of nitrogens with zero attached hydrogens (tertiary/aromatic N) is 3. The number of hydrogen-bond acceptors (Lipinski definition) is 5. The van der Waals surface area contributed by atoms with E-state index in [9.17, 15) is 0 Å². The second-order valence-electron chi connectivity index (χ2n) is 5.00. The lowest BCUT2D eigenvalue weighted by molar-refractivity contribution is -0.742. The van der Waals surface area contributed by atoms with Gasteiger partial charge in [0.25, 0.3) is 5.09 Å². The van der Waals surface area contributed by atoms with Crippen LogP contribution in [0.1, 0.15) is 31.7 Å².